The maximum Gasteiger partial charge on any atom is 0.388 e. The lowest BCUT2D eigenvalue weighted by molar-refractivity contribution is -0.106. The number of methoxy groups -OCH3 is 1. The van der Waals surface area contributed by atoms with E-state index in [9.17, 15) is 19.4 Å². The average molecular weight is 651 g/mol. The maximum atomic E-state index is 13.5. The summed E-state index contributed by atoms with van der Waals surface area (Å²) < 4.78 is 42.9. The molecule has 3 aromatic rings. The van der Waals surface area contributed by atoms with Gasteiger partial charge in [-0.1, -0.05) is 12.2 Å². The number of nitrogens with two attached hydrogens (primary N) is 1. The molecule has 4 heterocycles. The van der Waals surface area contributed by atoms with E-state index in [1.54, 1.807) is 12.3 Å². The molecule has 1 aliphatic carbocycles. The van der Waals surface area contributed by atoms with E-state index in [4.69, 9.17) is 40.4 Å². The third-order valence-corrected chi connectivity index (χ3v) is 9.80. The molecule has 1 saturated carbocycles. The number of aromatic amines is 1. The fraction of sp³-hybridized carbons (Fsp3) is 0.550. The Morgan fingerprint density at radius 3 is 2.83 bits per heavy atom. The highest BCUT2D eigenvalue weighted by atomic mass is 32.7. The Hall–Kier alpha value is -2.02. The maximum absolute atomic E-state index is 13.5. The molecular formula is C20H28N8O9P2S2. The summed E-state index contributed by atoms with van der Waals surface area (Å²) in [4.78, 5) is 41.7. The smallest absolute Gasteiger partial charge is 0.386 e. The first-order valence-electron chi connectivity index (χ1n) is 12.2. The number of ether oxygens (including phenoxy) is 1. The number of imidazole rings is 1. The highest BCUT2D eigenvalue weighted by Crippen LogP contribution is 2.58. The molecule has 0 aromatic carbocycles. The van der Waals surface area contributed by atoms with Crippen molar-refractivity contribution in [2.24, 2.45) is 5.92 Å². The molecule has 5 rings (SSSR count). The van der Waals surface area contributed by atoms with E-state index in [1.165, 1.54) is 13.4 Å². The van der Waals surface area contributed by atoms with Crippen molar-refractivity contribution in [1.82, 2.24) is 29.5 Å². The second-order valence-corrected chi connectivity index (χ2v) is 15.0. The number of anilines is 2. The van der Waals surface area contributed by atoms with Crippen molar-refractivity contribution in [3.63, 3.8) is 0 Å². The van der Waals surface area contributed by atoms with Crippen LogP contribution in [-0.2, 0) is 39.2 Å². The molecular weight excluding hydrogens is 622 g/mol. The van der Waals surface area contributed by atoms with Crippen LogP contribution < -0.4 is 16.6 Å². The zero-order valence-electron chi connectivity index (χ0n) is 21.4. The summed E-state index contributed by atoms with van der Waals surface area (Å²) in [5.74, 6) is -0.0632. The summed E-state index contributed by atoms with van der Waals surface area (Å²) in [5.41, 5.74) is 4.87. The van der Waals surface area contributed by atoms with Crippen LogP contribution in [0.25, 0.3) is 11.2 Å². The summed E-state index contributed by atoms with van der Waals surface area (Å²) in [5, 5.41) is 14.6. The van der Waals surface area contributed by atoms with Crippen LogP contribution in [-0.4, -0.2) is 84.2 Å². The van der Waals surface area contributed by atoms with Crippen molar-refractivity contribution >= 4 is 60.5 Å². The van der Waals surface area contributed by atoms with Gasteiger partial charge in [-0.05, 0) is 30.7 Å². The second kappa shape index (κ2) is 12.3. The fourth-order valence-corrected chi connectivity index (χ4v) is 7.66. The molecule has 6 N–H and O–H groups in total. The lowest BCUT2D eigenvalue weighted by atomic mass is 10.1. The normalized spacial score (nSPS) is 35.2. The number of nitrogens with zero attached hydrogens (tertiary/aromatic N) is 5. The van der Waals surface area contributed by atoms with Crippen molar-refractivity contribution in [1.29, 1.82) is 0 Å². The van der Waals surface area contributed by atoms with Gasteiger partial charge in [-0.15, -0.1) is 0 Å². The summed E-state index contributed by atoms with van der Waals surface area (Å²) in [7, 11) is 1.27. The molecule has 17 nitrogen and oxygen atoms in total. The zero-order valence-corrected chi connectivity index (χ0v) is 24.9. The first kappa shape index (κ1) is 30.4. The number of rotatable bonds is 4. The predicted octanol–water partition coefficient (Wildman–Crippen LogP) is 0.960. The van der Waals surface area contributed by atoms with Gasteiger partial charge in [0.15, 0.2) is 17.4 Å². The number of nitrogens with one attached hydrogen (secondary N) is 2. The van der Waals surface area contributed by atoms with E-state index in [-0.39, 0.29) is 29.8 Å². The standard InChI is InChI=1S/C20H28N8O9P2S2/c1-33-13-7-35-38(31,40)36-12-5-11(25-14-2-3-22-8-23-14)4-10(12)6-34-39(32,41)37-19(16(13)29)28-9-24-15-17(28)26-20(21)27-18(15)30/h2-3,8-13,16,19,29H,4-7H2,1H3,(H,31,40)(H,32,41)(H,22,23,25)(H3,21,26,27,30)/t10-,11-,12+,13-,16-,19-,38?,39?/m1/s1. The molecule has 0 spiro atoms. The minimum atomic E-state index is -4.23. The van der Waals surface area contributed by atoms with Crippen molar-refractivity contribution in [2.75, 3.05) is 31.4 Å². The molecule has 1 aliphatic heterocycles. The van der Waals surface area contributed by atoms with E-state index in [2.05, 4.69) is 42.5 Å². The third kappa shape index (κ3) is 7.14. The molecule has 2 aliphatic rings. The number of thiol groups is 1. The first-order chi connectivity index (χ1) is 19.4. The van der Waals surface area contributed by atoms with E-state index >= 15 is 0 Å². The molecule has 0 amide bonds. The van der Waals surface area contributed by atoms with Gasteiger partial charge in [0, 0.05) is 25.3 Å². The number of aliphatic hydroxyl groups is 1. The van der Waals surface area contributed by atoms with Gasteiger partial charge in [0.2, 0.25) is 5.95 Å². The lowest BCUT2D eigenvalue weighted by Crippen LogP contribution is -2.40. The second-order valence-electron chi connectivity index (χ2n) is 9.38. The van der Waals surface area contributed by atoms with Crippen LogP contribution in [0, 0.1) is 5.92 Å². The number of aromatic nitrogens is 6. The van der Waals surface area contributed by atoms with Crippen molar-refractivity contribution < 1.29 is 37.4 Å². The molecule has 21 heteroatoms. The number of nitrogen functional groups attached to an aromatic ring is 1. The lowest BCUT2D eigenvalue weighted by Gasteiger charge is -2.31. The SMILES string of the molecule is CO[C@@H]1COP(O)(=S)O[C@H]2C[C@H](Nc3ccncn3)C[C@@H]2COP(=O)(S)O[C@@H](n2cnc3c(=O)[nH]c(N)nc32)[C@@H]1O. The minimum absolute atomic E-state index is 0.0752. The zero-order chi connectivity index (χ0) is 29.4. The van der Waals surface area contributed by atoms with Gasteiger partial charge in [-0.2, -0.15) is 4.98 Å². The van der Waals surface area contributed by atoms with Crippen molar-refractivity contribution in [3.8, 4) is 0 Å². The van der Waals surface area contributed by atoms with E-state index in [0.29, 0.717) is 18.7 Å². The molecule has 8 atom stereocenters. The monoisotopic (exact) mass is 650 g/mol. The van der Waals surface area contributed by atoms with Gasteiger partial charge in [0.25, 0.3) is 5.56 Å². The number of hydrogen-bond donors (Lipinski definition) is 6. The average Bonchev–Trinajstić information content (AvgIpc) is 3.50. The molecule has 224 valence electrons. The third-order valence-electron chi connectivity index (χ3n) is 6.63. The van der Waals surface area contributed by atoms with Crippen LogP contribution in [0.2, 0.25) is 0 Å². The highest BCUT2D eigenvalue weighted by Gasteiger charge is 2.43. The Bertz CT molecular complexity index is 1530. The Balaban J connectivity index is 1.46. The van der Waals surface area contributed by atoms with E-state index in [0.717, 1.165) is 10.9 Å². The Kier molecular flexibility index (Phi) is 9.13. The van der Waals surface area contributed by atoms with Gasteiger partial charge in [0.1, 0.15) is 24.4 Å². The van der Waals surface area contributed by atoms with Crippen LogP contribution in [0.5, 0.6) is 0 Å². The molecule has 41 heavy (non-hydrogen) atoms. The number of hydrogen-bond acceptors (Lipinski definition) is 15. The van der Waals surface area contributed by atoms with Gasteiger partial charge in [0.05, 0.1) is 25.6 Å². The topological polar surface area (TPSA) is 231 Å². The van der Waals surface area contributed by atoms with Gasteiger partial charge in [-0.3, -0.25) is 18.9 Å². The molecule has 2 fully saturated rings. The molecule has 0 radical (unpaired) electrons. The van der Waals surface area contributed by atoms with Crippen LogP contribution in [0.4, 0.5) is 11.8 Å². The van der Waals surface area contributed by atoms with Gasteiger partial charge >= 0.3 is 13.5 Å². The van der Waals surface area contributed by atoms with Crippen LogP contribution in [0.15, 0.2) is 29.7 Å². The molecule has 3 aromatic heterocycles. The number of H-pyrrole nitrogens is 1. The van der Waals surface area contributed by atoms with Crippen LogP contribution >= 0.6 is 25.8 Å². The number of fused-ring (bicyclic) bond motifs is 2. The molecule has 1 saturated heterocycles. The largest absolute Gasteiger partial charge is 0.388 e. The van der Waals surface area contributed by atoms with E-state index in [1.807, 2.05) is 0 Å². The number of aliphatic hydroxyl groups excluding tert-OH is 1. The quantitative estimate of drug-likeness (QED) is 0.171. The first-order valence-corrected chi connectivity index (χ1v) is 17.5. The highest BCUT2D eigenvalue weighted by molar-refractivity contribution is 8.44. The van der Waals surface area contributed by atoms with Crippen molar-refractivity contribution in [3.05, 3.63) is 35.3 Å². The van der Waals surface area contributed by atoms with Crippen LogP contribution in [0.1, 0.15) is 19.1 Å². The van der Waals surface area contributed by atoms with Crippen LogP contribution in [0.3, 0.4) is 0 Å². The summed E-state index contributed by atoms with van der Waals surface area (Å²) in [6, 6.07) is 1.54. The summed E-state index contributed by atoms with van der Waals surface area (Å²) >= 11 is 9.40. The summed E-state index contributed by atoms with van der Waals surface area (Å²) in [6.45, 7) is -8.70. The van der Waals surface area contributed by atoms with Gasteiger partial charge in [-0.25, -0.2) is 19.5 Å². The molecule has 0 bridgehead atoms. The van der Waals surface area contributed by atoms with Gasteiger partial charge < -0.3 is 39.4 Å². The summed E-state index contributed by atoms with van der Waals surface area (Å²) in [6.07, 6.45) is -0.101. The Morgan fingerprint density at radius 1 is 1.29 bits per heavy atom. The van der Waals surface area contributed by atoms with Crippen molar-refractivity contribution in [2.45, 2.75) is 43.4 Å². The fourth-order valence-electron chi connectivity index (χ4n) is 4.72. The minimum Gasteiger partial charge on any atom is -0.386 e. The Labute approximate surface area is 243 Å². The molecule has 2 unspecified atom stereocenters. The Morgan fingerprint density at radius 2 is 2.10 bits per heavy atom. The van der Waals surface area contributed by atoms with E-state index < -0.39 is 56.1 Å². The predicted molar refractivity (Wildman–Crippen MR) is 152 cm³/mol.